The number of halogens is 1. The van der Waals surface area contributed by atoms with Crippen molar-refractivity contribution in [3.63, 3.8) is 0 Å². The molecule has 0 aromatic carbocycles. The Labute approximate surface area is 120 Å². The van der Waals surface area contributed by atoms with Gasteiger partial charge in [0.15, 0.2) is 5.67 Å². The lowest BCUT2D eigenvalue weighted by Gasteiger charge is -2.45. The lowest BCUT2D eigenvalue weighted by molar-refractivity contribution is -0.0588. The van der Waals surface area contributed by atoms with Crippen LogP contribution in [0.1, 0.15) is 46.0 Å². The number of rotatable bonds is 4. The number of hydrogen-bond acceptors (Lipinski definition) is 3. The molecule has 6 heteroatoms. The molecule has 1 aliphatic heterocycles. The van der Waals surface area contributed by atoms with Crippen LogP contribution >= 0.6 is 0 Å². The summed E-state index contributed by atoms with van der Waals surface area (Å²) in [6.07, 6.45) is 3.65. The average Bonchev–Trinajstić information content (AvgIpc) is 3.08. The van der Waals surface area contributed by atoms with Gasteiger partial charge >= 0.3 is 0 Å². The maximum absolute atomic E-state index is 15.0. The van der Waals surface area contributed by atoms with Crippen molar-refractivity contribution in [2.24, 2.45) is 11.3 Å². The first-order chi connectivity index (χ1) is 9.23. The van der Waals surface area contributed by atoms with Crippen LogP contribution in [0.15, 0.2) is 0 Å². The Morgan fingerprint density at radius 2 is 1.80 bits per heavy atom. The normalized spacial score (nSPS) is 35.5. The lowest BCUT2D eigenvalue weighted by atomic mass is 9.61. The Bertz CT molecular complexity index is 499. The molecule has 3 fully saturated rings. The summed E-state index contributed by atoms with van der Waals surface area (Å²) in [7, 11) is -3.47. The van der Waals surface area contributed by atoms with Crippen LogP contribution in [0.3, 0.4) is 0 Å². The second-order valence-corrected chi connectivity index (χ2v) is 9.53. The molecule has 20 heavy (non-hydrogen) atoms. The zero-order valence-electron chi connectivity index (χ0n) is 12.2. The minimum absolute atomic E-state index is 0.0496. The highest BCUT2D eigenvalue weighted by Gasteiger charge is 2.67. The lowest BCUT2D eigenvalue weighted by Crippen LogP contribution is -2.50. The maximum atomic E-state index is 15.0. The van der Waals surface area contributed by atoms with Gasteiger partial charge in [0, 0.05) is 12.0 Å². The summed E-state index contributed by atoms with van der Waals surface area (Å²) in [6.45, 7) is 3.36. The molecule has 1 saturated heterocycles. The van der Waals surface area contributed by atoms with Crippen LogP contribution in [0, 0.1) is 11.3 Å². The van der Waals surface area contributed by atoms with Crippen molar-refractivity contribution >= 4 is 10.0 Å². The summed E-state index contributed by atoms with van der Waals surface area (Å²) in [4.78, 5) is 0. The summed E-state index contributed by atoms with van der Waals surface area (Å²) < 4.78 is 41.4. The fourth-order valence-corrected chi connectivity index (χ4v) is 6.61. The van der Waals surface area contributed by atoms with Crippen molar-refractivity contribution in [3.8, 4) is 0 Å². The van der Waals surface area contributed by atoms with Gasteiger partial charge in [-0.15, -0.1) is 0 Å². The van der Waals surface area contributed by atoms with E-state index in [1.54, 1.807) is 0 Å². The van der Waals surface area contributed by atoms with Crippen molar-refractivity contribution in [2.75, 3.05) is 19.7 Å². The number of hydrogen-bond donors (Lipinski definition) is 1. The highest BCUT2D eigenvalue weighted by atomic mass is 32.2. The van der Waals surface area contributed by atoms with Gasteiger partial charge in [0.2, 0.25) is 10.0 Å². The zero-order chi connectivity index (χ0) is 14.8. The summed E-state index contributed by atoms with van der Waals surface area (Å²) in [5, 5.41) is 9.44. The first kappa shape index (κ1) is 14.7. The summed E-state index contributed by atoms with van der Waals surface area (Å²) >= 11 is 0. The summed E-state index contributed by atoms with van der Waals surface area (Å²) in [6, 6.07) is 0. The van der Waals surface area contributed by atoms with Gasteiger partial charge in [0.1, 0.15) is 0 Å². The topological polar surface area (TPSA) is 57.6 Å². The first-order valence-electron chi connectivity index (χ1n) is 7.53. The van der Waals surface area contributed by atoms with Crippen LogP contribution in [0.25, 0.3) is 0 Å². The molecule has 1 unspecified atom stereocenters. The zero-order valence-corrected chi connectivity index (χ0v) is 13.0. The van der Waals surface area contributed by atoms with Crippen molar-refractivity contribution in [1.82, 2.24) is 4.31 Å². The number of nitrogens with zero attached hydrogens (tertiary/aromatic N) is 1. The van der Waals surface area contributed by atoms with Gasteiger partial charge in [-0.2, -0.15) is 4.31 Å². The molecule has 0 aromatic rings. The van der Waals surface area contributed by atoms with Crippen molar-refractivity contribution in [2.45, 2.75) is 56.4 Å². The molecule has 1 N–H and O–H groups in total. The minimum Gasteiger partial charge on any atom is -0.393 e. The quantitative estimate of drug-likeness (QED) is 0.860. The third-order valence-electron chi connectivity index (χ3n) is 6.07. The van der Waals surface area contributed by atoms with E-state index in [0.29, 0.717) is 25.7 Å². The van der Waals surface area contributed by atoms with E-state index in [1.807, 2.05) is 13.8 Å². The van der Waals surface area contributed by atoms with Gasteiger partial charge in [-0.3, -0.25) is 0 Å². The van der Waals surface area contributed by atoms with E-state index in [0.717, 1.165) is 6.42 Å². The SMILES string of the molecule is CC(C)C1(S(=O)(=O)N2CC(F)(CO)C3(CCC3)C2)CC1. The van der Waals surface area contributed by atoms with Crippen LogP contribution in [0.2, 0.25) is 0 Å². The molecule has 3 rings (SSSR count). The van der Waals surface area contributed by atoms with Crippen molar-refractivity contribution in [3.05, 3.63) is 0 Å². The predicted molar refractivity (Wildman–Crippen MR) is 74.5 cm³/mol. The van der Waals surface area contributed by atoms with Gasteiger partial charge in [-0.05, 0) is 31.6 Å². The molecule has 0 aromatic heterocycles. The van der Waals surface area contributed by atoms with Crippen LogP contribution in [0.4, 0.5) is 4.39 Å². The van der Waals surface area contributed by atoms with Gasteiger partial charge in [0.25, 0.3) is 0 Å². The molecule has 1 heterocycles. The summed E-state index contributed by atoms with van der Waals surface area (Å²) in [5.74, 6) is 0.0496. The molecule has 4 nitrogen and oxygen atoms in total. The Morgan fingerprint density at radius 1 is 1.20 bits per heavy atom. The number of alkyl halides is 1. The maximum Gasteiger partial charge on any atom is 0.220 e. The molecule has 0 amide bonds. The fraction of sp³-hybridized carbons (Fsp3) is 1.00. The third-order valence-corrected chi connectivity index (χ3v) is 8.91. The largest absolute Gasteiger partial charge is 0.393 e. The Balaban J connectivity index is 1.90. The predicted octanol–water partition coefficient (Wildman–Crippen LogP) is 1.69. The Hall–Kier alpha value is -0.200. The molecule has 2 aliphatic carbocycles. The van der Waals surface area contributed by atoms with E-state index in [1.165, 1.54) is 4.31 Å². The van der Waals surface area contributed by atoms with Crippen LogP contribution in [-0.2, 0) is 10.0 Å². The van der Waals surface area contributed by atoms with E-state index in [4.69, 9.17) is 0 Å². The van der Waals surface area contributed by atoms with Gasteiger partial charge < -0.3 is 5.11 Å². The average molecular weight is 305 g/mol. The highest BCUT2D eigenvalue weighted by molar-refractivity contribution is 7.90. The van der Waals surface area contributed by atoms with Gasteiger partial charge in [-0.25, -0.2) is 12.8 Å². The molecular formula is C14H24FNO3S. The number of aliphatic hydroxyl groups excluding tert-OH is 1. The molecular weight excluding hydrogens is 281 g/mol. The second kappa shape index (κ2) is 4.17. The standard InChI is InChI=1S/C14H24FNO3S/c1-11(2)13(6-7-13)20(18,19)16-8-12(4-3-5-12)14(15,9-16)10-17/h11,17H,3-10H2,1-2H3. The molecule has 1 atom stereocenters. The fourth-order valence-electron chi connectivity index (χ4n) is 4.09. The Kier molecular flexibility index (Phi) is 3.07. The van der Waals surface area contributed by atoms with Crippen molar-refractivity contribution < 1.29 is 17.9 Å². The van der Waals surface area contributed by atoms with Crippen molar-refractivity contribution in [1.29, 1.82) is 0 Å². The van der Waals surface area contributed by atoms with Crippen LogP contribution in [-0.4, -0.2) is 47.9 Å². The first-order valence-corrected chi connectivity index (χ1v) is 8.97. The summed E-state index contributed by atoms with van der Waals surface area (Å²) in [5.41, 5.74) is -2.40. The Morgan fingerprint density at radius 3 is 2.10 bits per heavy atom. The van der Waals surface area contributed by atoms with Gasteiger partial charge in [0.05, 0.1) is 17.9 Å². The molecule has 3 aliphatic rings. The second-order valence-electron chi connectivity index (χ2n) is 7.25. The monoisotopic (exact) mass is 305 g/mol. The molecule has 2 saturated carbocycles. The molecule has 1 spiro atoms. The molecule has 0 radical (unpaired) electrons. The van der Waals surface area contributed by atoms with Gasteiger partial charge in [-0.1, -0.05) is 20.3 Å². The van der Waals surface area contributed by atoms with E-state index in [-0.39, 0.29) is 19.0 Å². The van der Waals surface area contributed by atoms with E-state index in [2.05, 4.69) is 0 Å². The van der Waals surface area contributed by atoms with E-state index < -0.39 is 32.5 Å². The third kappa shape index (κ3) is 1.61. The highest BCUT2D eigenvalue weighted by Crippen LogP contribution is 2.59. The minimum atomic E-state index is -3.47. The number of sulfonamides is 1. The van der Waals surface area contributed by atoms with Crippen LogP contribution < -0.4 is 0 Å². The molecule has 0 bridgehead atoms. The molecule has 116 valence electrons. The van der Waals surface area contributed by atoms with Crippen LogP contribution in [0.5, 0.6) is 0 Å². The smallest absolute Gasteiger partial charge is 0.220 e. The van der Waals surface area contributed by atoms with E-state index in [9.17, 15) is 17.9 Å². The number of aliphatic hydroxyl groups is 1. The van der Waals surface area contributed by atoms with E-state index >= 15 is 0 Å².